The van der Waals surface area contributed by atoms with Crippen LogP contribution in [0.15, 0.2) is 89.6 Å². The van der Waals surface area contributed by atoms with Gasteiger partial charge in [0.15, 0.2) is 5.76 Å². The second kappa shape index (κ2) is 7.32. The maximum Gasteiger partial charge on any atom is 0.228 e. The van der Waals surface area contributed by atoms with E-state index in [0.717, 1.165) is 22.2 Å². The summed E-state index contributed by atoms with van der Waals surface area (Å²) in [6.45, 7) is 1.91. The van der Waals surface area contributed by atoms with Crippen molar-refractivity contribution in [2.24, 2.45) is 0 Å². The molecule has 0 amide bonds. The quantitative estimate of drug-likeness (QED) is 0.317. The van der Waals surface area contributed by atoms with Crippen molar-refractivity contribution in [3.05, 3.63) is 107 Å². The van der Waals surface area contributed by atoms with E-state index < -0.39 is 0 Å². The highest BCUT2D eigenvalue weighted by molar-refractivity contribution is 6.32. The number of carbonyl (C=O) groups is 1. The van der Waals surface area contributed by atoms with Crippen LogP contribution in [0.2, 0.25) is 5.02 Å². The number of nitrogens with zero attached hydrogens (tertiary/aromatic N) is 2. The highest BCUT2D eigenvalue weighted by Gasteiger charge is 2.24. The molecule has 5 rings (SSSR count). The molecule has 0 bridgehead atoms. The topological polar surface area (TPSA) is 48.0 Å². The van der Waals surface area contributed by atoms with Crippen LogP contribution in [0.1, 0.15) is 21.7 Å². The van der Waals surface area contributed by atoms with E-state index in [-0.39, 0.29) is 11.5 Å². The third kappa shape index (κ3) is 3.11. The van der Waals surface area contributed by atoms with Crippen molar-refractivity contribution >= 4 is 28.4 Å². The fourth-order valence-electron chi connectivity index (χ4n) is 3.56. The van der Waals surface area contributed by atoms with Crippen molar-refractivity contribution in [1.82, 2.24) is 9.78 Å². The van der Waals surface area contributed by atoms with E-state index in [9.17, 15) is 4.79 Å². The van der Waals surface area contributed by atoms with Crippen LogP contribution in [0.5, 0.6) is 0 Å². The monoisotopic (exact) mass is 412 g/mol. The van der Waals surface area contributed by atoms with E-state index in [0.29, 0.717) is 21.7 Å². The van der Waals surface area contributed by atoms with Crippen LogP contribution < -0.4 is 0 Å². The number of rotatable bonds is 4. The van der Waals surface area contributed by atoms with Gasteiger partial charge in [0.05, 0.1) is 11.9 Å². The van der Waals surface area contributed by atoms with Crippen molar-refractivity contribution in [3.63, 3.8) is 0 Å². The maximum absolute atomic E-state index is 13.3. The Balaban J connectivity index is 1.73. The Morgan fingerprint density at radius 3 is 2.43 bits per heavy atom. The van der Waals surface area contributed by atoms with Gasteiger partial charge in [0.1, 0.15) is 5.58 Å². The summed E-state index contributed by atoms with van der Waals surface area (Å²) in [7, 11) is 0. The van der Waals surface area contributed by atoms with Crippen molar-refractivity contribution in [2.75, 3.05) is 0 Å². The average molecular weight is 413 g/mol. The molecule has 4 nitrogen and oxygen atoms in total. The zero-order valence-electron chi connectivity index (χ0n) is 16.2. The molecule has 2 heterocycles. The SMILES string of the molecule is Cc1cc2oc(C(=O)c3ccccc3)c(-c3cnn(-c4ccccc4)c3)c2cc1Cl. The molecule has 0 aliphatic heterocycles. The standard InChI is InChI=1S/C25H17ClN2O2/c1-16-12-22-20(13-21(16)26)23(25(30-22)24(29)17-8-4-2-5-9-17)18-14-27-28(15-18)19-10-6-3-7-11-19/h2-15H,1H3. The molecule has 0 unspecified atom stereocenters. The average Bonchev–Trinajstić information content (AvgIpc) is 3.40. The smallest absolute Gasteiger partial charge is 0.228 e. The van der Waals surface area contributed by atoms with Crippen LogP contribution in [-0.4, -0.2) is 15.6 Å². The van der Waals surface area contributed by atoms with Gasteiger partial charge in [-0.25, -0.2) is 4.68 Å². The molecule has 0 radical (unpaired) electrons. The number of para-hydroxylation sites is 1. The second-order valence-electron chi connectivity index (χ2n) is 7.11. The first kappa shape index (κ1) is 18.4. The molecule has 0 atom stereocenters. The number of furan rings is 1. The van der Waals surface area contributed by atoms with Crippen LogP contribution in [0, 0.1) is 6.92 Å². The Morgan fingerprint density at radius 1 is 1.00 bits per heavy atom. The number of benzene rings is 3. The molecule has 30 heavy (non-hydrogen) atoms. The van der Waals surface area contributed by atoms with Crippen molar-refractivity contribution in [1.29, 1.82) is 0 Å². The Kier molecular flexibility index (Phi) is 4.49. The molecule has 0 N–H and O–H groups in total. The predicted octanol–water partition coefficient (Wildman–Crippen LogP) is 6.48. The summed E-state index contributed by atoms with van der Waals surface area (Å²) < 4.78 is 7.85. The van der Waals surface area contributed by atoms with Gasteiger partial charge in [-0.2, -0.15) is 5.10 Å². The third-order valence-electron chi connectivity index (χ3n) is 5.10. The van der Waals surface area contributed by atoms with E-state index >= 15 is 0 Å². The molecule has 0 aliphatic carbocycles. The van der Waals surface area contributed by atoms with Crippen LogP contribution >= 0.6 is 11.6 Å². The Bertz CT molecular complexity index is 1370. The van der Waals surface area contributed by atoms with E-state index in [4.69, 9.17) is 16.0 Å². The van der Waals surface area contributed by atoms with Crippen LogP contribution in [-0.2, 0) is 0 Å². The van der Waals surface area contributed by atoms with Gasteiger partial charge in [-0.3, -0.25) is 4.79 Å². The summed E-state index contributed by atoms with van der Waals surface area (Å²) in [5.74, 6) is 0.105. The van der Waals surface area contributed by atoms with Gasteiger partial charge in [-0.15, -0.1) is 0 Å². The highest BCUT2D eigenvalue weighted by Crippen LogP contribution is 2.38. The van der Waals surface area contributed by atoms with Gasteiger partial charge in [0.2, 0.25) is 5.78 Å². The zero-order chi connectivity index (χ0) is 20.7. The van der Waals surface area contributed by atoms with E-state index in [2.05, 4.69) is 5.10 Å². The third-order valence-corrected chi connectivity index (χ3v) is 5.51. The molecular weight excluding hydrogens is 396 g/mol. The predicted molar refractivity (Wildman–Crippen MR) is 118 cm³/mol. The highest BCUT2D eigenvalue weighted by atomic mass is 35.5. The number of aryl methyl sites for hydroxylation is 1. The number of fused-ring (bicyclic) bond motifs is 1. The first-order chi connectivity index (χ1) is 14.6. The molecule has 0 fully saturated rings. The molecule has 5 heteroatoms. The fraction of sp³-hybridized carbons (Fsp3) is 0.0400. The number of aromatic nitrogens is 2. The molecule has 146 valence electrons. The maximum atomic E-state index is 13.3. The zero-order valence-corrected chi connectivity index (χ0v) is 16.9. The molecule has 0 saturated heterocycles. The fourth-order valence-corrected chi connectivity index (χ4v) is 3.72. The Hall–Kier alpha value is -3.63. The molecule has 3 aromatic carbocycles. The van der Waals surface area contributed by atoms with Gasteiger partial charge in [0.25, 0.3) is 0 Å². The number of halogens is 1. The van der Waals surface area contributed by atoms with Crippen molar-refractivity contribution in [3.8, 4) is 16.8 Å². The van der Waals surface area contributed by atoms with Crippen molar-refractivity contribution < 1.29 is 9.21 Å². The number of ketones is 1. The van der Waals surface area contributed by atoms with E-state index in [1.54, 1.807) is 23.0 Å². The lowest BCUT2D eigenvalue weighted by Crippen LogP contribution is -2.01. The first-order valence-corrected chi connectivity index (χ1v) is 9.92. The van der Waals surface area contributed by atoms with Gasteiger partial charge in [0, 0.05) is 33.3 Å². The molecule has 5 aromatic rings. The summed E-state index contributed by atoms with van der Waals surface area (Å²) in [4.78, 5) is 13.3. The number of hydrogen-bond acceptors (Lipinski definition) is 3. The summed E-state index contributed by atoms with van der Waals surface area (Å²) >= 11 is 6.41. The normalized spacial score (nSPS) is 11.1. The van der Waals surface area contributed by atoms with Gasteiger partial charge in [-0.1, -0.05) is 60.1 Å². The van der Waals surface area contributed by atoms with E-state index in [1.807, 2.05) is 73.8 Å². The minimum atomic E-state index is -0.178. The van der Waals surface area contributed by atoms with Crippen LogP contribution in [0.25, 0.3) is 27.8 Å². The number of hydrogen-bond donors (Lipinski definition) is 0. The largest absolute Gasteiger partial charge is 0.452 e. The van der Waals surface area contributed by atoms with Gasteiger partial charge in [-0.05, 0) is 36.8 Å². The molecule has 0 saturated carbocycles. The lowest BCUT2D eigenvalue weighted by atomic mass is 9.99. The van der Waals surface area contributed by atoms with Gasteiger partial charge < -0.3 is 4.42 Å². The minimum Gasteiger partial charge on any atom is -0.452 e. The summed E-state index contributed by atoms with van der Waals surface area (Å²) in [5, 5.41) is 5.91. The second-order valence-corrected chi connectivity index (χ2v) is 7.52. The Morgan fingerprint density at radius 2 is 1.70 bits per heavy atom. The number of carbonyl (C=O) groups excluding carboxylic acids is 1. The molecule has 2 aromatic heterocycles. The van der Waals surface area contributed by atoms with Crippen molar-refractivity contribution in [2.45, 2.75) is 6.92 Å². The molecule has 0 aliphatic rings. The molecular formula is C25H17ClN2O2. The molecule has 0 spiro atoms. The minimum absolute atomic E-state index is 0.178. The van der Waals surface area contributed by atoms with Crippen LogP contribution in [0.4, 0.5) is 0 Å². The lowest BCUT2D eigenvalue weighted by Gasteiger charge is -2.02. The summed E-state index contributed by atoms with van der Waals surface area (Å²) in [6.07, 6.45) is 3.64. The Labute approximate surface area is 178 Å². The lowest BCUT2D eigenvalue weighted by molar-refractivity contribution is 0.101. The summed E-state index contributed by atoms with van der Waals surface area (Å²) in [6, 6.07) is 22.7. The summed E-state index contributed by atoms with van der Waals surface area (Å²) in [5.41, 5.74) is 4.50. The first-order valence-electron chi connectivity index (χ1n) is 9.54. The van der Waals surface area contributed by atoms with Gasteiger partial charge >= 0.3 is 0 Å². The van der Waals surface area contributed by atoms with E-state index in [1.165, 1.54) is 0 Å². The van der Waals surface area contributed by atoms with Crippen LogP contribution in [0.3, 0.4) is 0 Å².